The van der Waals surface area contributed by atoms with Crippen LogP contribution in [0.2, 0.25) is 0 Å². The summed E-state index contributed by atoms with van der Waals surface area (Å²) in [6.45, 7) is 4.00. The molecule has 4 heteroatoms. The molecular formula is C63H48N2S2. The first-order valence-corrected chi connectivity index (χ1v) is 25.1. The first-order chi connectivity index (χ1) is 33.2. The molecule has 2 aromatic heterocycles. The second kappa shape index (κ2) is 18.3. The number of hydrogen-bond donors (Lipinski definition) is 1. The summed E-state index contributed by atoms with van der Waals surface area (Å²) in [5.41, 5.74) is 17.8. The lowest BCUT2D eigenvalue weighted by Crippen LogP contribution is -2.10. The lowest BCUT2D eigenvalue weighted by Gasteiger charge is -2.27. The molecule has 0 aliphatic rings. The Morgan fingerprint density at radius 1 is 0.388 bits per heavy atom. The van der Waals surface area contributed by atoms with Crippen molar-refractivity contribution in [2.75, 3.05) is 11.2 Å². The lowest BCUT2D eigenvalue weighted by atomic mass is 9.95. The van der Waals surface area contributed by atoms with E-state index < -0.39 is 0 Å². The Bertz CT molecular complexity index is 3660. The maximum absolute atomic E-state index is 3.77. The zero-order chi connectivity index (χ0) is 45.3. The van der Waals surface area contributed by atoms with Crippen molar-refractivity contribution in [3.63, 3.8) is 0 Å². The summed E-state index contributed by atoms with van der Waals surface area (Å²) in [5.74, 6) is 0. The summed E-state index contributed by atoms with van der Waals surface area (Å²) < 4.78 is 2.65. The Labute approximate surface area is 400 Å². The summed E-state index contributed by atoms with van der Waals surface area (Å²) in [6.07, 6.45) is 2.18. The standard InChI is InChI=1S/C61H42N2S2.C2H6/c1-64-58-39-48(37-38-49(58)43-25-27-44(28-26-43)50-18-12-23-56-59(50)55-22-10-19-51(60(55)62-56)42-15-6-3-7-16-42)63(46-33-29-41(30-34-46)40-13-4-2-5-14-40)47-35-31-45(32-36-47)52-20-11-21-54-53-17-8-9-24-57(53)65-61(52)54;1-2/h2-39,62H,1H3;1-2H3. The molecule has 2 nitrogen and oxygen atoms in total. The van der Waals surface area contributed by atoms with Crippen molar-refractivity contribution in [2.24, 2.45) is 0 Å². The number of anilines is 3. The fraction of sp³-hybridized carbons (Fsp3) is 0.0476. The van der Waals surface area contributed by atoms with Crippen molar-refractivity contribution < 1.29 is 0 Å². The second-order valence-electron chi connectivity index (χ2n) is 16.5. The van der Waals surface area contributed by atoms with Gasteiger partial charge in [0, 0.05) is 64.0 Å². The van der Waals surface area contributed by atoms with E-state index >= 15 is 0 Å². The summed E-state index contributed by atoms with van der Waals surface area (Å²) >= 11 is 3.67. The molecule has 12 aromatic rings. The molecule has 0 saturated carbocycles. The molecule has 0 amide bonds. The van der Waals surface area contributed by atoms with Gasteiger partial charge in [0.15, 0.2) is 0 Å². The van der Waals surface area contributed by atoms with Crippen molar-refractivity contribution >= 4 is 82.1 Å². The molecule has 12 rings (SSSR count). The van der Waals surface area contributed by atoms with E-state index in [-0.39, 0.29) is 0 Å². The van der Waals surface area contributed by atoms with Gasteiger partial charge in [0.1, 0.15) is 0 Å². The van der Waals surface area contributed by atoms with Crippen LogP contribution in [0.1, 0.15) is 13.8 Å². The minimum Gasteiger partial charge on any atom is -0.354 e. The second-order valence-corrected chi connectivity index (χ2v) is 18.4. The van der Waals surface area contributed by atoms with Gasteiger partial charge in [-0.3, -0.25) is 0 Å². The molecule has 0 unspecified atom stereocenters. The summed E-state index contributed by atoms with van der Waals surface area (Å²) in [5, 5.41) is 5.13. The van der Waals surface area contributed by atoms with Crippen LogP contribution in [0.3, 0.4) is 0 Å². The quantitative estimate of drug-likeness (QED) is 0.146. The third kappa shape index (κ3) is 7.78. The molecule has 1 N–H and O–H groups in total. The van der Waals surface area contributed by atoms with E-state index in [1.807, 2.05) is 25.2 Å². The third-order valence-electron chi connectivity index (χ3n) is 12.8. The molecule has 0 bridgehead atoms. The van der Waals surface area contributed by atoms with Crippen LogP contribution in [0.25, 0.3) is 97.6 Å². The molecule has 322 valence electrons. The Kier molecular flexibility index (Phi) is 11.5. The smallest absolute Gasteiger partial charge is 0.0544 e. The van der Waals surface area contributed by atoms with Gasteiger partial charge in [-0.05, 0) is 105 Å². The average Bonchev–Trinajstić information content (AvgIpc) is 3.99. The van der Waals surface area contributed by atoms with Gasteiger partial charge in [-0.1, -0.05) is 196 Å². The van der Waals surface area contributed by atoms with Gasteiger partial charge in [-0.25, -0.2) is 0 Å². The van der Waals surface area contributed by atoms with E-state index in [9.17, 15) is 0 Å². The molecule has 0 fully saturated rings. The highest BCUT2D eigenvalue weighted by molar-refractivity contribution is 7.98. The third-order valence-corrected chi connectivity index (χ3v) is 14.8. The molecule has 2 heterocycles. The fourth-order valence-electron chi connectivity index (χ4n) is 9.61. The van der Waals surface area contributed by atoms with Gasteiger partial charge < -0.3 is 9.88 Å². The zero-order valence-corrected chi connectivity index (χ0v) is 39.3. The number of aromatic nitrogens is 1. The van der Waals surface area contributed by atoms with Crippen LogP contribution in [0.4, 0.5) is 17.1 Å². The van der Waals surface area contributed by atoms with Crippen LogP contribution in [0.5, 0.6) is 0 Å². The van der Waals surface area contributed by atoms with E-state index in [2.05, 4.69) is 247 Å². The minimum absolute atomic E-state index is 1.11. The number of thiophene rings is 1. The Morgan fingerprint density at radius 3 is 1.58 bits per heavy atom. The van der Waals surface area contributed by atoms with Gasteiger partial charge >= 0.3 is 0 Å². The van der Waals surface area contributed by atoms with Crippen molar-refractivity contribution in [2.45, 2.75) is 18.7 Å². The SMILES string of the molecule is CC.CSc1cc(N(c2ccc(-c3ccccc3)cc2)c2ccc(-c3cccc4c3sc3ccccc34)cc2)ccc1-c1ccc(-c2cccc3[nH]c4c(-c5ccccc5)cccc4c23)cc1. The molecule has 10 aromatic carbocycles. The van der Waals surface area contributed by atoms with Crippen molar-refractivity contribution in [1.29, 1.82) is 0 Å². The Morgan fingerprint density at radius 2 is 0.881 bits per heavy atom. The largest absolute Gasteiger partial charge is 0.354 e. The Balaban J connectivity index is 0.00000244. The Hall–Kier alpha value is -7.63. The van der Waals surface area contributed by atoms with Crippen molar-refractivity contribution in [1.82, 2.24) is 4.98 Å². The maximum Gasteiger partial charge on any atom is 0.0544 e. The van der Waals surface area contributed by atoms with E-state index in [4.69, 9.17) is 0 Å². The van der Waals surface area contributed by atoms with Crippen LogP contribution >= 0.6 is 23.1 Å². The maximum atomic E-state index is 3.77. The highest BCUT2D eigenvalue weighted by Crippen LogP contribution is 2.44. The number of nitrogens with one attached hydrogen (secondary N) is 1. The molecule has 0 spiro atoms. The first kappa shape index (κ1) is 42.0. The van der Waals surface area contributed by atoms with Gasteiger partial charge in [0.25, 0.3) is 0 Å². The van der Waals surface area contributed by atoms with E-state index in [1.165, 1.54) is 97.0 Å². The summed E-state index contributed by atoms with van der Waals surface area (Å²) in [7, 11) is 0. The van der Waals surface area contributed by atoms with Gasteiger partial charge in [0.2, 0.25) is 0 Å². The summed E-state index contributed by atoms with van der Waals surface area (Å²) in [4.78, 5) is 7.38. The highest BCUT2D eigenvalue weighted by atomic mass is 32.2. The molecular weight excluding hydrogens is 849 g/mol. The van der Waals surface area contributed by atoms with E-state index in [0.29, 0.717) is 0 Å². The summed E-state index contributed by atoms with van der Waals surface area (Å²) in [6, 6.07) is 84.0. The normalized spacial score (nSPS) is 11.3. The van der Waals surface area contributed by atoms with Crippen LogP contribution in [0.15, 0.2) is 235 Å². The number of thioether (sulfide) groups is 1. The number of fused-ring (bicyclic) bond motifs is 6. The molecule has 67 heavy (non-hydrogen) atoms. The van der Waals surface area contributed by atoms with Crippen LogP contribution < -0.4 is 4.90 Å². The van der Waals surface area contributed by atoms with E-state index in [0.717, 1.165) is 22.6 Å². The lowest BCUT2D eigenvalue weighted by molar-refractivity contribution is 1.26. The van der Waals surface area contributed by atoms with Crippen LogP contribution in [-0.4, -0.2) is 11.2 Å². The number of H-pyrrole nitrogens is 1. The molecule has 0 saturated heterocycles. The predicted octanol–water partition coefficient (Wildman–Crippen LogP) is 19.2. The highest BCUT2D eigenvalue weighted by Gasteiger charge is 2.18. The average molecular weight is 897 g/mol. The molecule has 0 aliphatic heterocycles. The molecule has 0 atom stereocenters. The predicted molar refractivity (Wildman–Crippen MR) is 294 cm³/mol. The number of nitrogens with zero attached hydrogens (tertiary/aromatic N) is 1. The van der Waals surface area contributed by atoms with E-state index in [1.54, 1.807) is 11.8 Å². The number of aromatic amines is 1. The van der Waals surface area contributed by atoms with Gasteiger partial charge in [-0.15, -0.1) is 23.1 Å². The molecule has 0 aliphatic carbocycles. The number of para-hydroxylation sites is 1. The number of benzene rings is 10. The number of hydrogen-bond acceptors (Lipinski definition) is 3. The van der Waals surface area contributed by atoms with Crippen LogP contribution in [-0.2, 0) is 0 Å². The topological polar surface area (TPSA) is 19.0 Å². The monoisotopic (exact) mass is 896 g/mol. The minimum atomic E-state index is 1.11. The van der Waals surface area contributed by atoms with Crippen molar-refractivity contribution in [3.05, 3.63) is 231 Å². The fourth-order valence-corrected chi connectivity index (χ4v) is 11.5. The van der Waals surface area contributed by atoms with Crippen LogP contribution in [0, 0.1) is 0 Å². The number of rotatable bonds is 9. The van der Waals surface area contributed by atoms with Gasteiger partial charge in [0.05, 0.1) is 5.52 Å². The molecule has 0 radical (unpaired) electrons. The first-order valence-electron chi connectivity index (χ1n) is 23.0. The van der Waals surface area contributed by atoms with Crippen molar-refractivity contribution in [3.8, 4) is 55.6 Å². The van der Waals surface area contributed by atoms with Gasteiger partial charge in [-0.2, -0.15) is 0 Å². The zero-order valence-electron chi connectivity index (χ0n) is 37.7.